The maximum atomic E-state index is 11.6. The summed E-state index contributed by atoms with van der Waals surface area (Å²) < 4.78 is 34.9. The number of hydrogen-bond donors (Lipinski definition) is 1. The van der Waals surface area contributed by atoms with E-state index in [0.29, 0.717) is 6.54 Å². The van der Waals surface area contributed by atoms with Gasteiger partial charge >= 0.3 is 6.18 Å². The SMILES string of the molecule is C=C(C)C(C)CNCC(F)(F)F. The second kappa shape index (κ2) is 4.50. The largest absolute Gasteiger partial charge is 0.401 e. The third kappa shape index (κ3) is 6.22. The molecule has 72 valence electrons. The van der Waals surface area contributed by atoms with Gasteiger partial charge in [0.05, 0.1) is 6.54 Å². The van der Waals surface area contributed by atoms with Crippen molar-refractivity contribution in [2.24, 2.45) is 5.92 Å². The maximum absolute atomic E-state index is 11.6. The average Bonchev–Trinajstić information content (AvgIpc) is 1.84. The molecule has 0 bridgehead atoms. The van der Waals surface area contributed by atoms with E-state index in [1.54, 1.807) is 6.92 Å². The second-order valence-corrected chi connectivity index (χ2v) is 2.99. The Morgan fingerprint density at radius 3 is 2.33 bits per heavy atom. The molecule has 1 nitrogen and oxygen atoms in total. The molecule has 0 spiro atoms. The molecule has 12 heavy (non-hydrogen) atoms. The zero-order valence-corrected chi connectivity index (χ0v) is 7.33. The standard InChI is InChI=1S/C8H14F3N/c1-6(2)7(3)4-12-5-8(9,10)11/h7,12H,1,4-5H2,2-3H3. The Hall–Kier alpha value is -0.510. The van der Waals surface area contributed by atoms with E-state index in [4.69, 9.17) is 0 Å². The average molecular weight is 181 g/mol. The summed E-state index contributed by atoms with van der Waals surface area (Å²) in [4.78, 5) is 0. The van der Waals surface area contributed by atoms with E-state index in [1.165, 1.54) is 0 Å². The molecule has 1 atom stereocenters. The van der Waals surface area contributed by atoms with E-state index in [1.807, 2.05) is 6.92 Å². The lowest BCUT2D eigenvalue weighted by atomic mass is 10.1. The highest BCUT2D eigenvalue weighted by atomic mass is 19.4. The molecule has 1 N–H and O–H groups in total. The van der Waals surface area contributed by atoms with Crippen LogP contribution in [0.3, 0.4) is 0 Å². The Bertz CT molecular complexity index is 151. The van der Waals surface area contributed by atoms with Gasteiger partial charge in [-0.15, -0.1) is 0 Å². The first-order chi connectivity index (χ1) is 5.33. The van der Waals surface area contributed by atoms with Gasteiger partial charge in [-0.1, -0.05) is 19.1 Å². The molecular weight excluding hydrogens is 167 g/mol. The van der Waals surface area contributed by atoms with Crippen molar-refractivity contribution < 1.29 is 13.2 Å². The Balaban J connectivity index is 3.51. The molecule has 0 fully saturated rings. The molecule has 0 heterocycles. The fourth-order valence-corrected chi connectivity index (χ4v) is 0.605. The van der Waals surface area contributed by atoms with Crippen LogP contribution in [0.25, 0.3) is 0 Å². The van der Waals surface area contributed by atoms with Crippen LogP contribution in [0.5, 0.6) is 0 Å². The molecule has 0 amide bonds. The van der Waals surface area contributed by atoms with E-state index >= 15 is 0 Å². The number of halogens is 3. The molecule has 0 aromatic heterocycles. The monoisotopic (exact) mass is 181 g/mol. The molecule has 1 unspecified atom stereocenters. The fraction of sp³-hybridized carbons (Fsp3) is 0.750. The molecule has 0 radical (unpaired) electrons. The number of rotatable bonds is 4. The summed E-state index contributed by atoms with van der Waals surface area (Å²) in [6.45, 7) is 6.70. The van der Waals surface area contributed by atoms with Crippen LogP contribution in [0.4, 0.5) is 13.2 Å². The summed E-state index contributed by atoms with van der Waals surface area (Å²) in [7, 11) is 0. The van der Waals surface area contributed by atoms with Crippen molar-refractivity contribution in [3.63, 3.8) is 0 Å². The summed E-state index contributed by atoms with van der Waals surface area (Å²) in [5.41, 5.74) is 0.893. The van der Waals surface area contributed by atoms with Crippen LogP contribution in [-0.2, 0) is 0 Å². The summed E-state index contributed by atoms with van der Waals surface area (Å²) in [6, 6.07) is 0. The van der Waals surface area contributed by atoms with Gasteiger partial charge in [0.1, 0.15) is 0 Å². The van der Waals surface area contributed by atoms with Crippen molar-refractivity contribution in [2.45, 2.75) is 20.0 Å². The minimum Gasteiger partial charge on any atom is -0.308 e. The lowest BCUT2D eigenvalue weighted by molar-refractivity contribution is -0.124. The predicted octanol–water partition coefficient (Wildman–Crippen LogP) is 2.35. The van der Waals surface area contributed by atoms with Gasteiger partial charge in [-0.05, 0) is 12.8 Å². The summed E-state index contributed by atoms with van der Waals surface area (Å²) >= 11 is 0. The lowest BCUT2D eigenvalue weighted by Gasteiger charge is -2.13. The maximum Gasteiger partial charge on any atom is 0.401 e. The van der Waals surface area contributed by atoms with Crippen LogP contribution < -0.4 is 5.32 Å². The van der Waals surface area contributed by atoms with E-state index < -0.39 is 12.7 Å². The minimum absolute atomic E-state index is 0.0901. The van der Waals surface area contributed by atoms with Gasteiger partial charge in [-0.25, -0.2) is 0 Å². The summed E-state index contributed by atoms with van der Waals surface area (Å²) in [5.74, 6) is 0.0901. The highest BCUT2D eigenvalue weighted by molar-refractivity contribution is 4.94. The zero-order chi connectivity index (χ0) is 9.78. The second-order valence-electron chi connectivity index (χ2n) is 2.99. The molecule has 0 rings (SSSR count). The molecule has 0 aliphatic rings. The minimum atomic E-state index is -4.12. The quantitative estimate of drug-likeness (QED) is 0.656. The van der Waals surface area contributed by atoms with Gasteiger partial charge in [-0.2, -0.15) is 13.2 Å². The van der Waals surface area contributed by atoms with Gasteiger partial charge in [-0.3, -0.25) is 0 Å². The number of hydrogen-bond acceptors (Lipinski definition) is 1. The van der Waals surface area contributed by atoms with Crippen molar-refractivity contribution in [3.8, 4) is 0 Å². The molecule has 0 aliphatic heterocycles. The number of alkyl halides is 3. The Morgan fingerprint density at radius 2 is 2.00 bits per heavy atom. The third-order valence-electron chi connectivity index (χ3n) is 1.62. The first-order valence-electron chi connectivity index (χ1n) is 3.76. The van der Waals surface area contributed by atoms with Gasteiger partial charge < -0.3 is 5.32 Å². The zero-order valence-electron chi connectivity index (χ0n) is 7.33. The van der Waals surface area contributed by atoms with Crippen LogP contribution >= 0.6 is 0 Å². The lowest BCUT2D eigenvalue weighted by Crippen LogP contribution is -2.32. The molecule has 0 aromatic carbocycles. The molecule has 0 saturated carbocycles. The van der Waals surface area contributed by atoms with Crippen LogP contribution in [-0.4, -0.2) is 19.3 Å². The van der Waals surface area contributed by atoms with E-state index in [9.17, 15) is 13.2 Å². The van der Waals surface area contributed by atoms with Crippen LogP contribution in [0.2, 0.25) is 0 Å². The van der Waals surface area contributed by atoms with Crippen molar-refractivity contribution in [2.75, 3.05) is 13.1 Å². The highest BCUT2D eigenvalue weighted by Crippen LogP contribution is 2.13. The summed E-state index contributed by atoms with van der Waals surface area (Å²) in [6.07, 6.45) is -4.12. The molecule has 0 aliphatic carbocycles. The van der Waals surface area contributed by atoms with Gasteiger partial charge in [0.15, 0.2) is 0 Å². The Labute approximate surface area is 70.7 Å². The van der Waals surface area contributed by atoms with Crippen LogP contribution in [0, 0.1) is 5.92 Å². The predicted molar refractivity (Wildman–Crippen MR) is 42.9 cm³/mol. The van der Waals surface area contributed by atoms with E-state index in [2.05, 4.69) is 11.9 Å². The van der Waals surface area contributed by atoms with E-state index in [0.717, 1.165) is 5.57 Å². The highest BCUT2D eigenvalue weighted by Gasteiger charge is 2.26. The molecular formula is C8H14F3N. The third-order valence-corrected chi connectivity index (χ3v) is 1.62. The van der Waals surface area contributed by atoms with E-state index in [-0.39, 0.29) is 5.92 Å². The van der Waals surface area contributed by atoms with Crippen molar-refractivity contribution in [1.82, 2.24) is 5.32 Å². The van der Waals surface area contributed by atoms with Gasteiger partial charge in [0, 0.05) is 6.54 Å². The Morgan fingerprint density at radius 1 is 1.50 bits per heavy atom. The van der Waals surface area contributed by atoms with Crippen molar-refractivity contribution in [3.05, 3.63) is 12.2 Å². The first kappa shape index (κ1) is 11.5. The van der Waals surface area contributed by atoms with Crippen molar-refractivity contribution >= 4 is 0 Å². The van der Waals surface area contributed by atoms with Gasteiger partial charge in [0.25, 0.3) is 0 Å². The summed E-state index contributed by atoms with van der Waals surface area (Å²) in [5, 5.41) is 2.32. The van der Waals surface area contributed by atoms with Crippen molar-refractivity contribution in [1.29, 1.82) is 0 Å². The van der Waals surface area contributed by atoms with Gasteiger partial charge in [0.2, 0.25) is 0 Å². The Kier molecular flexibility index (Phi) is 4.31. The smallest absolute Gasteiger partial charge is 0.308 e. The molecule has 0 saturated heterocycles. The molecule has 0 aromatic rings. The normalized spacial score (nSPS) is 14.4. The molecule has 4 heteroatoms. The topological polar surface area (TPSA) is 12.0 Å². The van der Waals surface area contributed by atoms with Crippen LogP contribution in [0.1, 0.15) is 13.8 Å². The number of nitrogens with one attached hydrogen (secondary N) is 1. The fourth-order valence-electron chi connectivity index (χ4n) is 0.605. The van der Waals surface area contributed by atoms with Crippen LogP contribution in [0.15, 0.2) is 12.2 Å². The first-order valence-corrected chi connectivity index (χ1v) is 3.76.